The third-order valence-corrected chi connectivity index (χ3v) is 3.71. The minimum Gasteiger partial charge on any atom is -0.497 e. The Morgan fingerprint density at radius 2 is 2.35 bits per heavy atom. The second kappa shape index (κ2) is 5.17. The largest absolute Gasteiger partial charge is 0.497 e. The number of nitrogens with zero attached hydrogens (tertiary/aromatic N) is 2. The lowest BCUT2D eigenvalue weighted by Crippen LogP contribution is -2.23. The number of hydrogen-bond acceptors (Lipinski definition) is 4. The van der Waals surface area contributed by atoms with Crippen molar-refractivity contribution in [2.24, 2.45) is 5.73 Å². The number of ether oxygens (including phenoxy) is 2. The number of aromatic nitrogens is 2. The van der Waals surface area contributed by atoms with Gasteiger partial charge in [0.2, 0.25) is 0 Å². The lowest BCUT2D eigenvalue weighted by Gasteiger charge is -2.30. The average molecular weight is 273 g/mol. The molecule has 0 saturated heterocycles. The number of fused-ring (bicyclic) bond motifs is 1. The summed E-state index contributed by atoms with van der Waals surface area (Å²) in [6.45, 7) is 2.91. The highest BCUT2D eigenvalue weighted by molar-refractivity contribution is 5.44. The summed E-state index contributed by atoms with van der Waals surface area (Å²) in [5, 5.41) is 4.30. The van der Waals surface area contributed by atoms with Gasteiger partial charge in [-0.05, 0) is 13.0 Å². The lowest BCUT2D eigenvalue weighted by atomic mass is 9.95. The summed E-state index contributed by atoms with van der Waals surface area (Å²) >= 11 is 0. The molecule has 0 bridgehead atoms. The third kappa shape index (κ3) is 2.25. The standard InChI is InChI=1S/C15H19N3O2/c1-3-18-9-10(8-17-18)14-7-13(16)12-5-4-11(19-2)6-15(12)20-14/h4-6,8-9,13-14H,3,7,16H2,1-2H3/t13-,14?/m0/s1. The van der Waals surface area contributed by atoms with Crippen LogP contribution in [-0.2, 0) is 6.54 Å². The molecule has 3 rings (SSSR count). The number of methoxy groups -OCH3 is 1. The first-order chi connectivity index (χ1) is 9.71. The molecular formula is C15H19N3O2. The predicted molar refractivity (Wildman–Crippen MR) is 75.8 cm³/mol. The fourth-order valence-corrected chi connectivity index (χ4v) is 2.53. The highest BCUT2D eigenvalue weighted by Gasteiger charge is 2.28. The van der Waals surface area contributed by atoms with Crippen LogP contribution in [0.1, 0.15) is 36.6 Å². The fraction of sp³-hybridized carbons (Fsp3) is 0.400. The quantitative estimate of drug-likeness (QED) is 0.933. The zero-order chi connectivity index (χ0) is 14.1. The molecule has 1 aliphatic rings. The van der Waals surface area contributed by atoms with Crippen LogP contribution < -0.4 is 15.2 Å². The smallest absolute Gasteiger partial charge is 0.129 e. The molecule has 1 unspecified atom stereocenters. The average Bonchev–Trinajstić information content (AvgIpc) is 2.95. The summed E-state index contributed by atoms with van der Waals surface area (Å²) in [4.78, 5) is 0. The molecule has 2 N–H and O–H groups in total. The van der Waals surface area contributed by atoms with Crippen LogP contribution in [-0.4, -0.2) is 16.9 Å². The van der Waals surface area contributed by atoms with Gasteiger partial charge in [-0.1, -0.05) is 6.07 Å². The zero-order valence-corrected chi connectivity index (χ0v) is 11.7. The van der Waals surface area contributed by atoms with Crippen molar-refractivity contribution in [3.63, 3.8) is 0 Å². The number of rotatable bonds is 3. The maximum absolute atomic E-state index is 6.26. The van der Waals surface area contributed by atoms with Crippen molar-refractivity contribution in [3.05, 3.63) is 41.7 Å². The van der Waals surface area contributed by atoms with Crippen molar-refractivity contribution in [1.29, 1.82) is 0 Å². The number of benzene rings is 1. The molecule has 5 heteroatoms. The first kappa shape index (κ1) is 13.0. The first-order valence-electron chi connectivity index (χ1n) is 6.83. The molecule has 2 heterocycles. The first-order valence-corrected chi connectivity index (χ1v) is 6.83. The van der Waals surface area contributed by atoms with Crippen LogP contribution in [0.3, 0.4) is 0 Å². The topological polar surface area (TPSA) is 62.3 Å². The molecule has 0 saturated carbocycles. The zero-order valence-electron chi connectivity index (χ0n) is 11.7. The predicted octanol–water partition coefficient (Wildman–Crippen LogP) is 2.44. The van der Waals surface area contributed by atoms with E-state index in [0.29, 0.717) is 0 Å². The minimum absolute atomic E-state index is 0.0281. The Morgan fingerprint density at radius 3 is 3.05 bits per heavy atom. The van der Waals surface area contributed by atoms with Gasteiger partial charge >= 0.3 is 0 Å². The van der Waals surface area contributed by atoms with Crippen molar-refractivity contribution in [2.45, 2.75) is 32.0 Å². The van der Waals surface area contributed by atoms with Crippen LogP contribution in [0.15, 0.2) is 30.6 Å². The lowest BCUT2D eigenvalue weighted by molar-refractivity contribution is 0.160. The van der Waals surface area contributed by atoms with E-state index in [0.717, 1.165) is 35.6 Å². The van der Waals surface area contributed by atoms with Gasteiger partial charge in [-0.2, -0.15) is 5.10 Å². The molecule has 106 valence electrons. The second-order valence-electron chi connectivity index (χ2n) is 4.98. The van der Waals surface area contributed by atoms with Crippen molar-refractivity contribution in [1.82, 2.24) is 9.78 Å². The molecule has 2 aromatic rings. The molecule has 0 spiro atoms. The minimum atomic E-state index is -0.0510. The Hall–Kier alpha value is -2.01. The summed E-state index contributed by atoms with van der Waals surface area (Å²) < 4.78 is 13.2. The molecular weight excluding hydrogens is 254 g/mol. The molecule has 0 fully saturated rings. The van der Waals surface area contributed by atoms with E-state index in [-0.39, 0.29) is 12.1 Å². The van der Waals surface area contributed by atoms with Crippen molar-refractivity contribution in [2.75, 3.05) is 7.11 Å². The second-order valence-corrected chi connectivity index (χ2v) is 4.98. The number of nitrogens with two attached hydrogens (primary N) is 1. The molecule has 1 aromatic carbocycles. The molecule has 1 aromatic heterocycles. The van der Waals surface area contributed by atoms with Crippen LogP contribution in [0.4, 0.5) is 0 Å². The molecule has 1 aliphatic heterocycles. The van der Waals surface area contributed by atoms with Crippen LogP contribution >= 0.6 is 0 Å². The SMILES string of the molecule is CCn1cc(C2C[C@H](N)c3ccc(OC)cc3O2)cn1. The van der Waals surface area contributed by atoms with Gasteiger partial charge in [0.05, 0.1) is 13.3 Å². The Bertz CT molecular complexity index is 609. The van der Waals surface area contributed by atoms with Gasteiger partial charge in [-0.15, -0.1) is 0 Å². The molecule has 0 radical (unpaired) electrons. The molecule has 5 nitrogen and oxygen atoms in total. The molecule has 2 atom stereocenters. The molecule has 20 heavy (non-hydrogen) atoms. The maximum atomic E-state index is 6.26. The Kier molecular flexibility index (Phi) is 3.36. The highest BCUT2D eigenvalue weighted by Crippen LogP contribution is 2.41. The van der Waals surface area contributed by atoms with Gasteiger partial charge in [0.25, 0.3) is 0 Å². The Balaban J connectivity index is 1.90. The van der Waals surface area contributed by atoms with E-state index in [2.05, 4.69) is 12.0 Å². The van der Waals surface area contributed by atoms with E-state index in [1.165, 1.54) is 0 Å². The van der Waals surface area contributed by atoms with Crippen molar-refractivity contribution >= 4 is 0 Å². The third-order valence-electron chi connectivity index (χ3n) is 3.71. The van der Waals surface area contributed by atoms with Gasteiger partial charge in [-0.25, -0.2) is 0 Å². The van der Waals surface area contributed by atoms with Gasteiger partial charge in [0.15, 0.2) is 0 Å². The van der Waals surface area contributed by atoms with Gasteiger partial charge in [-0.3, -0.25) is 4.68 Å². The molecule has 0 amide bonds. The van der Waals surface area contributed by atoms with E-state index in [9.17, 15) is 0 Å². The van der Waals surface area contributed by atoms with E-state index < -0.39 is 0 Å². The monoisotopic (exact) mass is 273 g/mol. The van der Waals surface area contributed by atoms with E-state index in [1.54, 1.807) is 7.11 Å². The van der Waals surface area contributed by atoms with Crippen LogP contribution in [0, 0.1) is 0 Å². The van der Waals surface area contributed by atoms with Crippen LogP contribution in [0.5, 0.6) is 11.5 Å². The summed E-state index contributed by atoms with van der Waals surface area (Å²) in [6, 6.07) is 5.76. The van der Waals surface area contributed by atoms with Gasteiger partial charge < -0.3 is 15.2 Å². The highest BCUT2D eigenvalue weighted by atomic mass is 16.5. The summed E-state index contributed by atoms with van der Waals surface area (Å²) in [6.07, 6.45) is 4.58. The fourth-order valence-electron chi connectivity index (χ4n) is 2.53. The van der Waals surface area contributed by atoms with Gasteiger partial charge in [0.1, 0.15) is 17.6 Å². The summed E-state index contributed by atoms with van der Waals surface area (Å²) in [5.41, 5.74) is 8.35. The molecule has 0 aliphatic carbocycles. The number of hydrogen-bond donors (Lipinski definition) is 1. The summed E-state index contributed by atoms with van der Waals surface area (Å²) in [5.74, 6) is 1.58. The van der Waals surface area contributed by atoms with E-state index in [1.807, 2.05) is 35.3 Å². The Morgan fingerprint density at radius 1 is 1.50 bits per heavy atom. The summed E-state index contributed by atoms with van der Waals surface area (Å²) in [7, 11) is 1.65. The van der Waals surface area contributed by atoms with E-state index >= 15 is 0 Å². The maximum Gasteiger partial charge on any atom is 0.129 e. The Labute approximate surface area is 118 Å². The normalized spacial score (nSPS) is 21.1. The van der Waals surface area contributed by atoms with Crippen molar-refractivity contribution < 1.29 is 9.47 Å². The van der Waals surface area contributed by atoms with Crippen LogP contribution in [0.25, 0.3) is 0 Å². The van der Waals surface area contributed by atoms with Gasteiger partial charge in [0, 0.05) is 42.4 Å². The van der Waals surface area contributed by atoms with E-state index in [4.69, 9.17) is 15.2 Å². The van der Waals surface area contributed by atoms with Crippen LogP contribution in [0.2, 0.25) is 0 Å². The number of aryl methyl sites for hydroxylation is 1. The van der Waals surface area contributed by atoms with Crippen molar-refractivity contribution in [3.8, 4) is 11.5 Å².